The monoisotopic (exact) mass is 194 g/mol. The van der Waals surface area contributed by atoms with Crippen molar-refractivity contribution in [3.05, 3.63) is 24.0 Å². The van der Waals surface area contributed by atoms with Gasteiger partial charge in [0, 0.05) is 31.5 Å². The van der Waals surface area contributed by atoms with Crippen LogP contribution in [0.4, 0.5) is 0 Å². The van der Waals surface area contributed by atoms with E-state index in [0.717, 1.165) is 6.54 Å². The number of nitrogens with zero attached hydrogens (tertiary/aromatic N) is 1. The smallest absolute Gasteiger partial charge is 0.0225 e. The third kappa shape index (κ3) is 2.88. The summed E-state index contributed by atoms with van der Waals surface area (Å²) in [6, 6.07) is 2.17. The molecule has 1 N–H and O–H groups in total. The summed E-state index contributed by atoms with van der Waals surface area (Å²) in [6.07, 6.45) is 6.61. The highest BCUT2D eigenvalue weighted by Crippen LogP contribution is 2.14. The van der Waals surface area contributed by atoms with Crippen LogP contribution in [0.25, 0.3) is 0 Å². The van der Waals surface area contributed by atoms with Crippen molar-refractivity contribution >= 4 is 0 Å². The molecule has 80 valence electrons. The van der Waals surface area contributed by atoms with Gasteiger partial charge in [0.25, 0.3) is 0 Å². The number of hydrogen-bond donors (Lipinski definition) is 1. The van der Waals surface area contributed by atoms with Crippen LogP contribution in [-0.2, 0) is 13.6 Å². The van der Waals surface area contributed by atoms with Gasteiger partial charge >= 0.3 is 0 Å². The Labute approximate surface area is 87.3 Å². The second kappa shape index (κ2) is 4.65. The molecule has 0 atom stereocenters. The van der Waals surface area contributed by atoms with Gasteiger partial charge in [-0.05, 0) is 31.4 Å². The van der Waals surface area contributed by atoms with Crippen LogP contribution in [0.1, 0.15) is 39.2 Å². The predicted molar refractivity (Wildman–Crippen MR) is 61.2 cm³/mol. The highest BCUT2D eigenvalue weighted by Gasteiger charge is 2.17. The second-order valence-corrected chi connectivity index (χ2v) is 4.31. The van der Waals surface area contributed by atoms with Crippen molar-refractivity contribution in [3.63, 3.8) is 0 Å². The van der Waals surface area contributed by atoms with Crippen molar-refractivity contribution in [1.82, 2.24) is 9.88 Å². The summed E-state index contributed by atoms with van der Waals surface area (Å²) < 4.78 is 2.09. The molecule has 0 bridgehead atoms. The molecule has 0 unspecified atom stereocenters. The number of rotatable bonds is 5. The van der Waals surface area contributed by atoms with Crippen LogP contribution in [-0.4, -0.2) is 10.1 Å². The average Bonchev–Trinajstić information content (AvgIpc) is 2.61. The van der Waals surface area contributed by atoms with E-state index in [1.54, 1.807) is 0 Å². The van der Waals surface area contributed by atoms with E-state index in [1.165, 1.54) is 18.4 Å². The molecule has 0 saturated carbocycles. The lowest BCUT2D eigenvalue weighted by Crippen LogP contribution is -2.40. The van der Waals surface area contributed by atoms with Gasteiger partial charge in [-0.2, -0.15) is 0 Å². The topological polar surface area (TPSA) is 17.0 Å². The first-order chi connectivity index (χ1) is 6.59. The molecule has 2 heteroatoms. The van der Waals surface area contributed by atoms with Crippen molar-refractivity contribution in [2.24, 2.45) is 7.05 Å². The van der Waals surface area contributed by atoms with Crippen LogP contribution in [0.15, 0.2) is 18.5 Å². The lowest BCUT2D eigenvalue weighted by Gasteiger charge is -2.28. The summed E-state index contributed by atoms with van der Waals surface area (Å²) >= 11 is 0. The van der Waals surface area contributed by atoms with Gasteiger partial charge in [0.2, 0.25) is 0 Å². The maximum atomic E-state index is 3.61. The summed E-state index contributed by atoms with van der Waals surface area (Å²) in [6.45, 7) is 7.73. The van der Waals surface area contributed by atoms with Gasteiger partial charge in [0.1, 0.15) is 0 Å². The maximum absolute atomic E-state index is 3.61. The van der Waals surface area contributed by atoms with E-state index < -0.39 is 0 Å². The van der Waals surface area contributed by atoms with Crippen LogP contribution < -0.4 is 5.32 Å². The molecule has 0 spiro atoms. The zero-order valence-electron chi connectivity index (χ0n) is 9.80. The zero-order chi connectivity index (χ0) is 10.6. The van der Waals surface area contributed by atoms with Crippen LogP contribution >= 0.6 is 0 Å². The Balaban J connectivity index is 2.47. The average molecular weight is 194 g/mol. The van der Waals surface area contributed by atoms with Crippen molar-refractivity contribution < 1.29 is 0 Å². The highest BCUT2D eigenvalue weighted by atomic mass is 15.0. The van der Waals surface area contributed by atoms with Crippen molar-refractivity contribution in [2.45, 2.75) is 45.7 Å². The minimum Gasteiger partial charge on any atom is -0.357 e. The summed E-state index contributed by atoms with van der Waals surface area (Å²) in [5, 5.41) is 3.61. The quantitative estimate of drug-likeness (QED) is 0.762. The number of hydrogen-bond acceptors (Lipinski definition) is 1. The Morgan fingerprint density at radius 2 is 2.00 bits per heavy atom. The van der Waals surface area contributed by atoms with Gasteiger partial charge in [-0.1, -0.05) is 13.8 Å². The Morgan fingerprint density at radius 3 is 2.43 bits per heavy atom. The zero-order valence-corrected chi connectivity index (χ0v) is 9.80. The van der Waals surface area contributed by atoms with E-state index in [1.807, 2.05) is 0 Å². The van der Waals surface area contributed by atoms with Crippen LogP contribution in [0.5, 0.6) is 0 Å². The third-order valence-electron chi connectivity index (χ3n) is 3.17. The van der Waals surface area contributed by atoms with E-state index in [4.69, 9.17) is 0 Å². The molecule has 0 fully saturated rings. The summed E-state index contributed by atoms with van der Waals surface area (Å²) in [7, 11) is 2.06. The lowest BCUT2D eigenvalue weighted by atomic mass is 9.95. The fourth-order valence-corrected chi connectivity index (χ4v) is 1.48. The van der Waals surface area contributed by atoms with Crippen molar-refractivity contribution in [3.8, 4) is 0 Å². The molecule has 1 rings (SSSR count). The SMILES string of the molecule is CCC(C)(CC)NCc1ccn(C)c1. The van der Waals surface area contributed by atoms with E-state index in [2.05, 4.69) is 56.2 Å². The fourth-order valence-electron chi connectivity index (χ4n) is 1.48. The minimum absolute atomic E-state index is 0.288. The van der Waals surface area contributed by atoms with Gasteiger partial charge in [0.15, 0.2) is 0 Å². The molecule has 0 radical (unpaired) electrons. The molecule has 0 aliphatic carbocycles. The minimum atomic E-state index is 0.288. The molecule has 1 aromatic rings. The molecule has 1 aromatic heterocycles. The summed E-state index contributed by atoms with van der Waals surface area (Å²) in [4.78, 5) is 0. The largest absolute Gasteiger partial charge is 0.357 e. The molecule has 0 aromatic carbocycles. The molecule has 0 aliphatic rings. The van der Waals surface area contributed by atoms with Crippen molar-refractivity contribution in [2.75, 3.05) is 0 Å². The van der Waals surface area contributed by atoms with Gasteiger partial charge in [-0.15, -0.1) is 0 Å². The van der Waals surface area contributed by atoms with Gasteiger partial charge in [0.05, 0.1) is 0 Å². The van der Waals surface area contributed by atoms with E-state index >= 15 is 0 Å². The Hall–Kier alpha value is -0.760. The van der Waals surface area contributed by atoms with Gasteiger partial charge in [-0.3, -0.25) is 0 Å². The molecule has 0 saturated heterocycles. The number of aryl methyl sites for hydroxylation is 1. The van der Waals surface area contributed by atoms with Crippen LogP contribution in [0.2, 0.25) is 0 Å². The van der Waals surface area contributed by atoms with Gasteiger partial charge in [-0.25, -0.2) is 0 Å². The molecule has 1 heterocycles. The van der Waals surface area contributed by atoms with Crippen LogP contribution in [0.3, 0.4) is 0 Å². The standard InChI is InChI=1S/C12H22N2/c1-5-12(3,6-2)13-9-11-7-8-14(4)10-11/h7-8,10,13H,5-6,9H2,1-4H3. The third-order valence-corrected chi connectivity index (χ3v) is 3.17. The van der Waals surface area contributed by atoms with Crippen LogP contribution in [0, 0.1) is 0 Å². The molecular formula is C12H22N2. The normalized spacial score (nSPS) is 12.0. The Bertz CT molecular complexity index is 272. The molecule has 0 amide bonds. The molecule has 0 aliphatic heterocycles. The Morgan fingerprint density at radius 1 is 1.36 bits per heavy atom. The Kier molecular flexibility index (Phi) is 3.76. The van der Waals surface area contributed by atoms with Crippen molar-refractivity contribution in [1.29, 1.82) is 0 Å². The predicted octanol–water partition coefficient (Wildman–Crippen LogP) is 2.69. The number of nitrogens with one attached hydrogen (secondary N) is 1. The van der Waals surface area contributed by atoms with E-state index in [0.29, 0.717) is 0 Å². The first kappa shape index (κ1) is 11.3. The first-order valence-corrected chi connectivity index (χ1v) is 5.45. The van der Waals surface area contributed by atoms with Gasteiger partial charge < -0.3 is 9.88 Å². The van der Waals surface area contributed by atoms with E-state index in [-0.39, 0.29) is 5.54 Å². The molecular weight excluding hydrogens is 172 g/mol. The first-order valence-electron chi connectivity index (χ1n) is 5.45. The molecule has 2 nitrogen and oxygen atoms in total. The maximum Gasteiger partial charge on any atom is 0.0225 e. The molecule has 14 heavy (non-hydrogen) atoms. The highest BCUT2D eigenvalue weighted by molar-refractivity contribution is 5.10. The summed E-state index contributed by atoms with van der Waals surface area (Å²) in [5.74, 6) is 0. The van der Waals surface area contributed by atoms with E-state index in [9.17, 15) is 0 Å². The summed E-state index contributed by atoms with van der Waals surface area (Å²) in [5.41, 5.74) is 1.65. The number of aromatic nitrogens is 1. The lowest BCUT2D eigenvalue weighted by molar-refractivity contribution is 0.329. The second-order valence-electron chi connectivity index (χ2n) is 4.31. The fraction of sp³-hybridized carbons (Fsp3) is 0.667.